The molecule has 0 aliphatic carbocycles. The summed E-state index contributed by atoms with van der Waals surface area (Å²) in [6.07, 6.45) is 0. The Morgan fingerprint density at radius 1 is 1.00 bits per heavy atom. The topological polar surface area (TPSA) is 15.3 Å². The molecule has 1 aromatic carbocycles. The van der Waals surface area contributed by atoms with Gasteiger partial charge in [-0.2, -0.15) is 0 Å². The Morgan fingerprint density at radius 3 is 2.28 bits per heavy atom. The van der Waals surface area contributed by atoms with Crippen LogP contribution in [0, 0.1) is 32.6 Å². The van der Waals surface area contributed by atoms with Gasteiger partial charge in [0.05, 0.1) is 0 Å². The predicted octanol–water partition coefficient (Wildman–Crippen LogP) is 2.26. The second-order valence-corrected chi connectivity index (χ2v) is 6.24. The Kier molecular flexibility index (Phi) is 3.16. The summed E-state index contributed by atoms with van der Waals surface area (Å²) in [5.41, 5.74) is 5.81. The van der Waals surface area contributed by atoms with E-state index >= 15 is 0 Å². The van der Waals surface area contributed by atoms with Gasteiger partial charge in [0.1, 0.15) is 0 Å². The van der Waals surface area contributed by atoms with Crippen LogP contribution in [0.25, 0.3) is 0 Å². The van der Waals surface area contributed by atoms with Crippen molar-refractivity contribution in [3.8, 4) is 0 Å². The van der Waals surface area contributed by atoms with Gasteiger partial charge in [-0.15, -0.1) is 0 Å². The maximum atomic E-state index is 3.51. The molecule has 2 heteroatoms. The quantitative estimate of drug-likeness (QED) is 0.858. The van der Waals surface area contributed by atoms with E-state index in [1.54, 1.807) is 0 Å². The zero-order valence-corrected chi connectivity index (χ0v) is 11.8. The Morgan fingerprint density at radius 2 is 1.61 bits per heavy atom. The average molecular weight is 244 g/mol. The van der Waals surface area contributed by atoms with E-state index in [9.17, 15) is 0 Å². The number of benzene rings is 1. The van der Waals surface area contributed by atoms with Gasteiger partial charge in [0.2, 0.25) is 0 Å². The number of hydrogen-bond acceptors (Lipinski definition) is 2. The molecule has 2 heterocycles. The van der Waals surface area contributed by atoms with Crippen molar-refractivity contribution < 1.29 is 0 Å². The van der Waals surface area contributed by atoms with Gasteiger partial charge < -0.3 is 5.32 Å². The molecule has 0 aromatic heterocycles. The lowest BCUT2D eigenvalue weighted by atomic mass is 10.0. The molecule has 18 heavy (non-hydrogen) atoms. The van der Waals surface area contributed by atoms with Gasteiger partial charge in [-0.1, -0.05) is 12.1 Å². The molecule has 0 unspecified atom stereocenters. The molecule has 2 aliphatic heterocycles. The van der Waals surface area contributed by atoms with Crippen molar-refractivity contribution in [3.05, 3.63) is 34.4 Å². The highest BCUT2D eigenvalue weighted by molar-refractivity contribution is 5.36. The van der Waals surface area contributed by atoms with Crippen LogP contribution < -0.4 is 5.32 Å². The lowest BCUT2D eigenvalue weighted by molar-refractivity contribution is 0.305. The van der Waals surface area contributed by atoms with E-state index in [1.807, 2.05) is 0 Å². The number of hydrogen-bond donors (Lipinski definition) is 1. The molecule has 2 nitrogen and oxygen atoms in total. The van der Waals surface area contributed by atoms with E-state index in [-0.39, 0.29) is 0 Å². The van der Waals surface area contributed by atoms with Gasteiger partial charge in [-0.25, -0.2) is 0 Å². The first-order valence-corrected chi connectivity index (χ1v) is 7.13. The molecule has 1 N–H and O–H groups in total. The van der Waals surface area contributed by atoms with Crippen molar-refractivity contribution in [2.24, 2.45) is 11.8 Å². The molecule has 3 rings (SSSR count). The lowest BCUT2D eigenvalue weighted by Gasteiger charge is -2.19. The van der Waals surface area contributed by atoms with Gasteiger partial charge in [0.25, 0.3) is 0 Å². The fourth-order valence-electron chi connectivity index (χ4n) is 3.51. The number of fused-ring (bicyclic) bond motifs is 1. The molecular formula is C16H24N2. The number of nitrogens with zero attached hydrogens (tertiary/aromatic N) is 1. The van der Waals surface area contributed by atoms with Gasteiger partial charge in [0.15, 0.2) is 0 Å². The van der Waals surface area contributed by atoms with Crippen LogP contribution in [-0.2, 0) is 6.54 Å². The number of aryl methyl sites for hydroxylation is 3. The first-order valence-electron chi connectivity index (χ1n) is 7.13. The number of nitrogens with one attached hydrogen (secondary N) is 1. The lowest BCUT2D eigenvalue weighted by Crippen LogP contribution is -2.25. The van der Waals surface area contributed by atoms with E-state index in [0.29, 0.717) is 0 Å². The molecule has 2 saturated heterocycles. The molecule has 0 saturated carbocycles. The average Bonchev–Trinajstić information content (AvgIpc) is 2.86. The van der Waals surface area contributed by atoms with Crippen LogP contribution in [0.1, 0.15) is 22.3 Å². The summed E-state index contributed by atoms with van der Waals surface area (Å²) >= 11 is 0. The Bertz CT molecular complexity index is 441. The summed E-state index contributed by atoms with van der Waals surface area (Å²) < 4.78 is 0. The van der Waals surface area contributed by atoms with E-state index in [1.165, 1.54) is 48.4 Å². The minimum Gasteiger partial charge on any atom is -0.316 e. The fourth-order valence-corrected chi connectivity index (χ4v) is 3.51. The van der Waals surface area contributed by atoms with Crippen molar-refractivity contribution in [2.45, 2.75) is 27.3 Å². The second kappa shape index (κ2) is 4.67. The molecule has 0 amide bonds. The summed E-state index contributed by atoms with van der Waals surface area (Å²) in [5, 5.41) is 3.51. The van der Waals surface area contributed by atoms with Crippen molar-refractivity contribution in [1.82, 2.24) is 10.2 Å². The van der Waals surface area contributed by atoms with Crippen LogP contribution in [0.4, 0.5) is 0 Å². The number of likely N-dealkylation sites (tertiary alicyclic amines) is 1. The van der Waals surface area contributed by atoms with Gasteiger partial charge >= 0.3 is 0 Å². The highest BCUT2D eigenvalue weighted by atomic mass is 15.2. The van der Waals surface area contributed by atoms with Crippen molar-refractivity contribution >= 4 is 0 Å². The van der Waals surface area contributed by atoms with Crippen LogP contribution in [0.3, 0.4) is 0 Å². The normalized spacial score (nSPS) is 27.7. The molecule has 2 atom stereocenters. The second-order valence-electron chi connectivity index (χ2n) is 6.24. The Balaban J connectivity index is 1.72. The van der Waals surface area contributed by atoms with Crippen LogP contribution in [-0.4, -0.2) is 31.1 Å². The van der Waals surface area contributed by atoms with Gasteiger partial charge in [-0.3, -0.25) is 4.90 Å². The molecule has 0 radical (unpaired) electrons. The molecule has 2 aliphatic rings. The summed E-state index contributed by atoms with van der Waals surface area (Å²) in [6.45, 7) is 12.8. The molecule has 0 spiro atoms. The standard InChI is InChI=1S/C16H24N2/c1-11-4-13(3)14(5-12(11)2)8-18-9-15-6-17-7-16(15)10-18/h4-5,15-17H,6-10H2,1-3H3/t15-,16+. The van der Waals surface area contributed by atoms with Crippen LogP contribution in [0.2, 0.25) is 0 Å². The third kappa shape index (κ3) is 2.19. The van der Waals surface area contributed by atoms with E-state index in [0.717, 1.165) is 18.4 Å². The summed E-state index contributed by atoms with van der Waals surface area (Å²) in [5.74, 6) is 1.80. The monoisotopic (exact) mass is 244 g/mol. The van der Waals surface area contributed by atoms with E-state index < -0.39 is 0 Å². The maximum absolute atomic E-state index is 3.51. The van der Waals surface area contributed by atoms with Gasteiger partial charge in [0, 0.05) is 19.6 Å². The first-order chi connectivity index (χ1) is 8.63. The van der Waals surface area contributed by atoms with Crippen LogP contribution in [0.5, 0.6) is 0 Å². The predicted molar refractivity (Wildman–Crippen MR) is 75.8 cm³/mol. The third-order valence-corrected chi connectivity index (χ3v) is 4.81. The third-order valence-electron chi connectivity index (χ3n) is 4.81. The van der Waals surface area contributed by atoms with E-state index in [2.05, 4.69) is 43.1 Å². The van der Waals surface area contributed by atoms with Crippen molar-refractivity contribution in [1.29, 1.82) is 0 Å². The summed E-state index contributed by atoms with van der Waals surface area (Å²) in [4.78, 5) is 2.65. The minimum atomic E-state index is 0.900. The smallest absolute Gasteiger partial charge is 0.0236 e. The molecular weight excluding hydrogens is 220 g/mol. The van der Waals surface area contributed by atoms with Crippen molar-refractivity contribution in [2.75, 3.05) is 26.2 Å². The summed E-state index contributed by atoms with van der Waals surface area (Å²) in [7, 11) is 0. The zero-order chi connectivity index (χ0) is 12.7. The minimum absolute atomic E-state index is 0.900. The van der Waals surface area contributed by atoms with Crippen molar-refractivity contribution in [3.63, 3.8) is 0 Å². The first kappa shape index (κ1) is 12.2. The summed E-state index contributed by atoms with van der Waals surface area (Å²) in [6, 6.07) is 4.72. The van der Waals surface area contributed by atoms with Gasteiger partial charge in [-0.05, 0) is 68.0 Å². The largest absolute Gasteiger partial charge is 0.316 e. The Hall–Kier alpha value is -0.860. The zero-order valence-electron chi connectivity index (χ0n) is 11.8. The van der Waals surface area contributed by atoms with Crippen LogP contribution in [0.15, 0.2) is 12.1 Å². The number of rotatable bonds is 2. The fraction of sp³-hybridized carbons (Fsp3) is 0.625. The Labute approximate surface area is 110 Å². The molecule has 1 aromatic rings. The molecule has 2 fully saturated rings. The maximum Gasteiger partial charge on any atom is 0.0236 e. The SMILES string of the molecule is Cc1cc(C)c(CN2C[C@H]3CNC[C@H]3C2)cc1C. The highest BCUT2D eigenvalue weighted by Crippen LogP contribution is 2.28. The molecule has 98 valence electrons. The molecule has 0 bridgehead atoms. The highest BCUT2D eigenvalue weighted by Gasteiger charge is 2.35. The van der Waals surface area contributed by atoms with Crippen LogP contribution >= 0.6 is 0 Å². The van der Waals surface area contributed by atoms with E-state index in [4.69, 9.17) is 0 Å².